The van der Waals surface area contributed by atoms with Crippen molar-refractivity contribution in [2.75, 3.05) is 7.11 Å². The van der Waals surface area contributed by atoms with Gasteiger partial charge in [-0.05, 0) is 49.2 Å². The van der Waals surface area contributed by atoms with Gasteiger partial charge in [0, 0.05) is 15.7 Å². The molecule has 0 fully saturated rings. The maximum absolute atomic E-state index is 14.2. The number of aryl methyl sites for hydroxylation is 2. The minimum atomic E-state index is -0.300. The molecule has 2 heterocycles. The number of hydrogen-bond donors (Lipinski definition) is 0. The van der Waals surface area contributed by atoms with Crippen LogP contribution in [-0.4, -0.2) is 16.7 Å². The third kappa shape index (κ3) is 2.39. The predicted octanol–water partition coefficient (Wildman–Crippen LogP) is 4.78. The first-order chi connectivity index (χ1) is 10.5. The molecular formula is C17H16BrFN2O. The van der Waals surface area contributed by atoms with Crippen LogP contribution in [0.1, 0.15) is 18.2 Å². The second-order valence-corrected chi connectivity index (χ2v) is 6.07. The summed E-state index contributed by atoms with van der Waals surface area (Å²) in [4.78, 5) is 0. The Kier molecular flexibility index (Phi) is 3.91. The van der Waals surface area contributed by atoms with Crippen molar-refractivity contribution in [3.8, 4) is 17.0 Å². The van der Waals surface area contributed by atoms with Crippen LogP contribution < -0.4 is 4.74 Å². The van der Waals surface area contributed by atoms with Crippen LogP contribution in [0.3, 0.4) is 0 Å². The van der Waals surface area contributed by atoms with Gasteiger partial charge in [-0.25, -0.2) is 8.91 Å². The molecule has 22 heavy (non-hydrogen) atoms. The summed E-state index contributed by atoms with van der Waals surface area (Å²) in [5, 5.41) is 4.58. The Bertz CT molecular complexity index is 857. The van der Waals surface area contributed by atoms with Gasteiger partial charge in [0.2, 0.25) is 0 Å². The highest BCUT2D eigenvalue weighted by atomic mass is 79.9. The van der Waals surface area contributed by atoms with Crippen LogP contribution in [0.15, 0.2) is 34.8 Å². The van der Waals surface area contributed by atoms with Crippen molar-refractivity contribution in [2.45, 2.75) is 20.3 Å². The number of rotatable bonds is 3. The zero-order chi connectivity index (χ0) is 15.9. The molecule has 1 aromatic carbocycles. The minimum absolute atomic E-state index is 0.300. The van der Waals surface area contributed by atoms with Crippen LogP contribution in [0.25, 0.3) is 16.8 Å². The van der Waals surface area contributed by atoms with E-state index in [1.54, 1.807) is 13.2 Å². The summed E-state index contributed by atoms with van der Waals surface area (Å²) >= 11 is 3.27. The first kappa shape index (κ1) is 15.0. The smallest absolute Gasteiger partial charge is 0.147 e. The Morgan fingerprint density at radius 1 is 1.27 bits per heavy atom. The number of nitrogens with zero attached hydrogens (tertiary/aromatic N) is 2. The maximum Gasteiger partial charge on any atom is 0.147 e. The Balaban J connectivity index is 2.29. The second kappa shape index (κ2) is 5.72. The first-order valence-electron chi connectivity index (χ1n) is 7.06. The van der Waals surface area contributed by atoms with Crippen molar-refractivity contribution in [1.29, 1.82) is 0 Å². The molecule has 0 atom stereocenters. The fourth-order valence-corrected chi connectivity index (χ4v) is 3.02. The van der Waals surface area contributed by atoms with E-state index < -0.39 is 0 Å². The molecule has 0 saturated carbocycles. The standard InChI is InChI=1S/C17H16BrFN2O/c1-4-12-7-10(2)17(22-3)16-9-15(20-21(12)16)13-6-5-11(18)8-14(13)19/h5-9H,4H2,1-3H3. The average molecular weight is 363 g/mol. The van der Waals surface area contributed by atoms with E-state index in [0.717, 1.165) is 28.9 Å². The monoisotopic (exact) mass is 362 g/mol. The molecule has 5 heteroatoms. The summed E-state index contributed by atoms with van der Waals surface area (Å²) < 4.78 is 22.2. The molecular weight excluding hydrogens is 347 g/mol. The van der Waals surface area contributed by atoms with Gasteiger partial charge in [-0.2, -0.15) is 5.10 Å². The van der Waals surface area contributed by atoms with Crippen molar-refractivity contribution < 1.29 is 9.13 Å². The van der Waals surface area contributed by atoms with Crippen molar-refractivity contribution >= 4 is 21.4 Å². The molecule has 0 N–H and O–H groups in total. The Hall–Kier alpha value is -1.88. The highest BCUT2D eigenvalue weighted by molar-refractivity contribution is 9.10. The van der Waals surface area contributed by atoms with Crippen LogP contribution in [0.2, 0.25) is 0 Å². The lowest BCUT2D eigenvalue weighted by molar-refractivity contribution is 0.414. The van der Waals surface area contributed by atoms with Crippen LogP contribution in [0, 0.1) is 12.7 Å². The average Bonchev–Trinajstić information content (AvgIpc) is 2.90. The predicted molar refractivity (Wildman–Crippen MR) is 89.0 cm³/mol. The van der Waals surface area contributed by atoms with Crippen molar-refractivity contribution in [3.63, 3.8) is 0 Å². The van der Waals surface area contributed by atoms with Gasteiger partial charge in [0.1, 0.15) is 17.1 Å². The number of pyridine rings is 1. The zero-order valence-electron chi connectivity index (χ0n) is 12.7. The van der Waals surface area contributed by atoms with Gasteiger partial charge >= 0.3 is 0 Å². The largest absolute Gasteiger partial charge is 0.494 e. The fraction of sp³-hybridized carbons (Fsp3) is 0.235. The van der Waals surface area contributed by atoms with Gasteiger partial charge in [-0.1, -0.05) is 22.9 Å². The molecule has 114 valence electrons. The molecule has 0 aliphatic carbocycles. The second-order valence-electron chi connectivity index (χ2n) is 5.16. The number of halogens is 2. The molecule has 0 radical (unpaired) electrons. The third-order valence-corrected chi connectivity index (χ3v) is 4.22. The molecule has 0 saturated heterocycles. The first-order valence-corrected chi connectivity index (χ1v) is 7.86. The van der Waals surface area contributed by atoms with E-state index in [4.69, 9.17) is 4.74 Å². The van der Waals surface area contributed by atoms with E-state index in [-0.39, 0.29) is 5.82 Å². The highest BCUT2D eigenvalue weighted by Gasteiger charge is 2.16. The SMILES string of the molecule is CCc1cc(C)c(OC)c2cc(-c3ccc(Br)cc3F)nn12. The lowest BCUT2D eigenvalue weighted by atomic mass is 10.1. The van der Waals surface area contributed by atoms with Gasteiger partial charge in [-0.15, -0.1) is 0 Å². The lowest BCUT2D eigenvalue weighted by Crippen LogP contribution is -2.01. The molecule has 3 nitrogen and oxygen atoms in total. The summed E-state index contributed by atoms with van der Waals surface area (Å²) in [6.07, 6.45) is 0.839. The van der Waals surface area contributed by atoms with E-state index in [9.17, 15) is 4.39 Å². The van der Waals surface area contributed by atoms with Crippen molar-refractivity contribution in [3.05, 3.63) is 51.9 Å². The third-order valence-electron chi connectivity index (χ3n) is 3.73. The molecule has 3 rings (SSSR count). The van der Waals surface area contributed by atoms with Crippen LogP contribution in [0.4, 0.5) is 4.39 Å². The topological polar surface area (TPSA) is 26.5 Å². The number of ether oxygens (including phenoxy) is 1. The molecule has 0 bridgehead atoms. The van der Waals surface area contributed by atoms with Gasteiger partial charge in [0.05, 0.1) is 12.8 Å². The highest BCUT2D eigenvalue weighted by Crippen LogP contribution is 2.31. The Morgan fingerprint density at radius 2 is 2.05 bits per heavy atom. The van der Waals surface area contributed by atoms with Gasteiger partial charge < -0.3 is 4.74 Å². The van der Waals surface area contributed by atoms with Gasteiger partial charge in [0.25, 0.3) is 0 Å². The van der Waals surface area contributed by atoms with Gasteiger partial charge in [-0.3, -0.25) is 0 Å². The molecule has 0 aliphatic rings. The van der Waals surface area contributed by atoms with E-state index in [2.05, 4.69) is 34.0 Å². The Labute approximate surface area is 136 Å². The summed E-state index contributed by atoms with van der Waals surface area (Å²) in [5.74, 6) is 0.472. The van der Waals surface area contributed by atoms with E-state index in [1.165, 1.54) is 6.07 Å². The van der Waals surface area contributed by atoms with Crippen LogP contribution in [0.5, 0.6) is 5.75 Å². The van der Waals surface area contributed by atoms with E-state index in [1.807, 2.05) is 23.6 Å². The van der Waals surface area contributed by atoms with Crippen molar-refractivity contribution in [1.82, 2.24) is 9.61 Å². The summed E-state index contributed by atoms with van der Waals surface area (Å²) in [6, 6.07) is 8.91. The maximum atomic E-state index is 14.2. The molecule has 2 aromatic heterocycles. The molecule has 0 amide bonds. The number of benzene rings is 1. The molecule has 0 spiro atoms. The quantitative estimate of drug-likeness (QED) is 0.669. The zero-order valence-corrected chi connectivity index (χ0v) is 14.2. The number of hydrogen-bond acceptors (Lipinski definition) is 2. The van der Waals surface area contributed by atoms with Gasteiger partial charge in [0.15, 0.2) is 0 Å². The van der Waals surface area contributed by atoms with Crippen LogP contribution in [-0.2, 0) is 6.42 Å². The van der Waals surface area contributed by atoms with E-state index >= 15 is 0 Å². The summed E-state index contributed by atoms with van der Waals surface area (Å²) in [5.41, 5.74) is 4.06. The van der Waals surface area contributed by atoms with Crippen LogP contribution >= 0.6 is 15.9 Å². The van der Waals surface area contributed by atoms with E-state index in [0.29, 0.717) is 15.7 Å². The number of methoxy groups -OCH3 is 1. The minimum Gasteiger partial charge on any atom is -0.494 e. The fourth-order valence-electron chi connectivity index (χ4n) is 2.69. The molecule has 0 aliphatic heterocycles. The Morgan fingerprint density at radius 3 is 2.68 bits per heavy atom. The molecule has 0 unspecified atom stereocenters. The summed E-state index contributed by atoms with van der Waals surface area (Å²) in [6.45, 7) is 4.08. The van der Waals surface area contributed by atoms with Crippen molar-refractivity contribution in [2.24, 2.45) is 0 Å². The number of aromatic nitrogens is 2. The lowest BCUT2D eigenvalue weighted by Gasteiger charge is -2.10. The normalized spacial score (nSPS) is 11.1. The number of fused-ring (bicyclic) bond motifs is 1. The summed E-state index contributed by atoms with van der Waals surface area (Å²) in [7, 11) is 1.64. The molecule has 3 aromatic rings.